The highest BCUT2D eigenvalue weighted by Gasteiger charge is 2.01. The number of nitrogens with two attached hydrogens (primary N) is 1. The lowest BCUT2D eigenvalue weighted by molar-refractivity contribution is 0.321. The number of rotatable bonds is 6. The van der Waals surface area contributed by atoms with Crippen LogP contribution < -0.4 is 15.2 Å². The molecule has 3 heteroatoms. The number of benzene rings is 2. The van der Waals surface area contributed by atoms with Gasteiger partial charge in [-0.1, -0.05) is 24.3 Å². The van der Waals surface area contributed by atoms with E-state index >= 15 is 0 Å². The topological polar surface area (TPSA) is 44.5 Å². The molecular weight excluding hydrogens is 250 g/mol. The molecule has 2 aromatic carbocycles. The Morgan fingerprint density at radius 3 is 2.45 bits per heavy atom. The van der Waals surface area contributed by atoms with Gasteiger partial charge in [-0.2, -0.15) is 0 Å². The van der Waals surface area contributed by atoms with E-state index in [4.69, 9.17) is 15.2 Å². The normalized spacial score (nSPS) is 11.9. The highest BCUT2D eigenvalue weighted by Crippen LogP contribution is 2.18. The third kappa shape index (κ3) is 4.00. The van der Waals surface area contributed by atoms with E-state index in [1.54, 1.807) is 7.11 Å². The second-order valence-electron chi connectivity index (χ2n) is 4.81. The summed E-state index contributed by atoms with van der Waals surface area (Å²) in [6.45, 7) is 2.62. The maximum atomic E-state index is 5.86. The number of ether oxygens (including phenoxy) is 2. The molecule has 2 rings (SSSR count). The first kappa shape index (κ1) is 14.4. The van der Waals surface area contributed by atoms with E-state index in [0.29, 0.717) is 6.61 Å². The summed E-state index contributed by atoms with van der Waals surface area (Å²) >= 11 is 0. The maximum Gasteiger partial charge on any atom is 0.119 e. The minimum atomic E-state index is 0.0279. The average molecular weight is 271 g/mol. The van der Waals surface area contributed by atoms with Gasteiger partial charge in [-0.15, -0.1) is 0 Å². The molecule has 106 valence electrons. The quantitative estimate of drug-likeness (QED) is 0.876. The van der Waals surface area contributed by atoms with Crippen LogP contribution in [0.2, 0.25) is 0 Å². The Labute approximate surface area is 120 Å². The fourth-order valence-corrected chi connectivity index (χ4v) is 1.97. The molecule has 0 aromatic heterocycles. The van der Waals surface area contributed by atoms with Crippen molar-refractivity contribution in [3.63, 3.8) is 0 Å². The summed E-state index contributed by atoms with van der Waals surface area (Å²) in [4.78, 5) is 0. The van der Waals surface area contributed by atoms with Crippen molar-refractivity contribution in [2.45, 2.75) is 19.4 Å². The molecule has 2 aromatic rings. The van der Waals surface area contributed by atoms with E-state index in [1.165, 1.54) is 5.56 Å². The van der Waals surface area contributed by atoms with Gasteiger partial charge in [0.05, 0.1) is 13.7 Å². The Morgan fingerprint density at radius 1 is 1.05 bits per heavy atom. The van der Waals surface area contributed by atoms with Gasteiger partial charge in [-0.25, -0.2) is 0 Å². The van der Waals surface area contributed by atoms with E-state index in [2.05, 4.69) is 12.1 Å². The first-order valence-electron chi connectivity index (χ1n) is 6.80. The third-order valence-corrected chi connectivity index (χ3v) is 3.20. The predicted octanol–water partition coefficient (Wildman–Crippen LogP) is 3.34. The molecule has 1 atom stereocenters. The summed E-state index contributed by atoms with van der Waals surface area (Å²) in [5.74, 6) is 1.74. The zero-order valence-electron chi connectivity index (χ0n) is 12.0. The second-order valence-corrected chi connectivity index (χ2v) is 4.81. The molecule has 0 unspecified atom stereocenters. The van der Waals surface area contributed by atoms with E-state index in [-0.39, 0.29) is 6.04 Å². The summed E-state index contributed by atoms with van der Waals surface area (Å²) < 4.78 is 10.9. The lowest BCUT2D eigenvalue weighted by Crippen LogP contribution is -2.06. The van der Waals surface area contributed by atoms with Gasteiger partial charge in [0.2, 0.25) is 0 Å². The van der Waals surface area contributed by atoms with Crippen molar-refractivity contribution in [2.24, 2.45) is 5.73 Å². The van der Waals surface area contributed by atoms with Crippen molar-refractivity contribution in [1.29, 1.82) is 0 Å². The molecule has 0 heterocycles. The van der Waals surface area contributed by atoms with E-state index in [9.17, 15) is 0 Å². The average Bonchev–Trinajstić information content (AvgIpc) is 2.48. The van der Waals surface area contributed by atoms with Crippen LogP contribution in [0.3, 0.4) is 0 Å². The van der Waals surface area contributed by atoms with E-state index in [1.807, 2.05) is 43.3 Å². The smallest absolute Gasteiger partial charge is 0.119 e. The maximum absolute atomic E-state index is 5.86. The lowest BCUT2D eigenvalue weighted by Gasteiger charge is -2.10. The fraction of sp³-hybridized carbons (Fsp3) is 0.294. The second kappa shape index (κ2) is 6.96. The number of methoxy groups -OCH3 is 1. The molecule has 0 amide bonds. The number of hydrogen-bond acceptors (Lipinski definition) is 3. The Kier molecular flexibility index (Phi) is 5.02. The van der Waals surface area contributed by atoms with Crippen LogP contribution in [0.5, 0.6) is 11.5 Å². The SMILES string of the molecule is COc1ccc(CCOc2cccc([C@H](C)N)c2)cc1. The van der Waals surface area contributed by atoms with Gasteiger partial charge in [0.1, 0.15) is 11.5 Å². The van der Waals surface area contributed by atoms with Crippen molar-refractivity contribution >= 4 is 0 Å². The Balaban J connectivity index is 1.87. The van der Waals surface area contributed by atoms with Gasteiger partial charge >= 0.3 is 0 Å². The summed E-state index contributed by atoms with van der Waals surface area (Å²) in [5.41, 5.74) is 8.18. The van der Waals surface area contributed by atoms with Gasteiger partial charge in [0.25, 0.3) is 0 Å². The van der Waals surface area contributed by atoms with Gasteiger partial charge < -0.3 is 15.2 Å². The molecule has 20 heavy (non-hydrogen) atoms. The van der Waals surface area contributed by atoms with Crippen LogP contribution in [0, 0.1) is 0 Å². The molecule has 0 aliphatic heterocycles. The van der Waals surface area contributed by atoms with Crippen molar-refractivity contribution < 1.29 is 9.47 Å². The van der Waals surface area contributed by atoms with E-state index < -0.39 is 0 Å². The largest absolute Gasteiger partial charge is 0.497 e. The zero-order valence-corrected chi connectivity index (χ0v) is 12.0. The Bertz CT molecular complexity index is 535. The van der Waals surface area contributed by atoms with Crippen molar-refractivity contribution in [2.75, 3.05) is 13.7 Å². The van der Waals surface area contributed by atoms with Crippen LogP contribution in [0.4, 0.5) is 0 Å². The fourth-order valence-electron chi connectivity index (χ4n) is 1.97. The molecule has 0 saturated carbocycles. The van der Waals surface area contributed by atoms with Crippen LogP contribution in [-0.4, -0.2) is 13.7 Å². The first-order chi connectivity index (χ1) is 9.69. The molecule has 0 aliphatic carbocycles. The molecule has 0 spiro atoms. The molecule has 2 N–H and O–H groups in total. The molecule has 0 bridgehead atoms. The molecule has 0 fully saturated rings. The predicted molar refractivity (Wildman–Crippen MR) is 81.2 cm³/mol. The highest BCUT2D eigenvalue weighted by atomic mass is 16.5. The Hall–Kier alpha value is -2.00. The van der Waals surface area contributed by atoms with Crippen LogP contribution in [0.15, 0.2) is 48.5 Å². The van der Waals surface area contributed by atoms with Crippen molar-refractivity contribution in [1.82, 2.24) is 0 Å². The van der Waals surface area contributed by atoms with Crippen molar-refractivity contribution in [3.05, 3.63) is 59.7 Å². The van der Waals surface area contributed by atoms with Crippen LogP contribution in [0.25, 0.3) is 0 Å². The standard InChI is InChI=1S/C17H21NO2/c1-13(18)15-4-3-5-17(12-15)20-11-10-14-6-8-16(19-2)9-7-14/h3-9,12-13H,10-11,18H2,1-2H3/t13-/m0/s1. The molecular formula is C17H21NO2. The van der Waals surface area contributed by atoms with Gasteiger partial charge in [0, 0.05) is 12.5 Å². The van der Waals surface area contributed by atoms with Crippen LogP contribution in [0.1, 0.15) is 24.1 Å². The molecule has 3 nitrogen and oxygen atoms in total. The lowest BCUT2D eigenvalue weighted by atomic mass is 10.1. The monoisotopic (exact) mass is 271 g/mol. The highest BCUT2D eigenvalue weighted by molar-refractivity contribution is 5.30. The van der Waals surface area contributed by atoms with Gasteiger partial charge in [-0.05, 0) is 42.3 Å². The summed E-state index contributed by atoms with van der Waals surface area (Å²) in [5, 5.41) is 0. The van der Waals surface area contributed by atoms with Crippen molar-refractivity contribution in [3.8, 4) is 11.5 Å². The molecule has 0 aliphatic rings. The summed E-state index contributed by atoms with van der Waals surface area (Å²) in [7, 11) is 1.67. The Morgan fingerprint density at radius 2 is 1.80 bits per heavy atom. The number of hydrogen-bond donors (Lipinski definition) is 1. The zero-order chi connectivity index (χ0) is 14.4. The minimum absolute atomic E-state index is 0.0279. The van der Waals surface area contributed by atoms with Gasteiger partial charge in [0.15, 0.2) is 0 Å². The van der Waals surface area contributed by atoms with Crippen LogP contribution >= 0.6 is 0 Å². The first-order valence-corrected chi connectivity index (χ1v) is 6.80. The molecule has 0 saturated heterocycles. The van der Waals surface area contributed by atoms with Gasteiger partial charge in [-0.3, -0.25) is 0 Å². The minimum Gasteiger partial charge on any atom is -0.497 e. The molecule has 0 radical (unpaired) electrons. The third-order valence-electron chi connectivity index (χ3n) is 3.20. The van der Waals surface area contributed by atoms with E-state index in [0.717, 1.165) is 23.5 Å². The van der Waals surface area contributed by atoms with Crippen LogP contribution in [-0.2, 0) is 6.42 Å². The summed E-state index contributed by atoms with van der Waals surface area (Å²) in [6.07, 6.45) is 0.867. The summed E-state index contributed by atoms with van der Waals surface area (Å²) in [6, 6.07) is 16.0.